The maximum Gasteiger partial charge on any atom is 0.0540 e. The molecule has 0 amide bonds. The maximum atomic E-state index is 9.57. The highest BCUT2D eigenvalue weighted by molar-refractivity contribution is 5.24. The minimum Gasteiger partial charge on any atom is -0.393 e. The molecule has 0 spiro atoms. The zero-order valence-corrected chi connectivity index (χ0v) is 10.8. The Balaban J connectivity index is 2.08. The van der Waals surface area contributed by atoms with Gasteiger partial charge in [-0.05, 0) is 51.1 Å². The molecule has 1 aromatic rings. The Hall–Kier alpha value is -0.860. The quantitative estimate of drug-likeness (QED) is 0.841. The van der Waals surface area contributed by atoms with Crippen molar-refractivity contribution >= 4 is 0 Å². The highest BCUT2D eigenvalue weighted by atomic mass is 16.3. The maximum absolute atomic E-state index is 9.57. The number of rotatable bonds is 3. The molecule has 1 unspecified atom stereocenters. The summed E-state index contributed by atoms with van der Waals surface area (Å²) < 4.78 is 0. The van der Waals surface area contributed by atoms with Gasteiger partial charge in [-0.1, -0.05) is 29.8 Å². The SMILES string of the molecule is CNC(c1ccc(C)cc1)C1CCC(O)CC1. The zero-order chi connectivity index (χ0) is 12.3. The third-order valence-corrected chi connectivity index (χ3v) is 3.96. The Kier molecular flexibility index (Phi) is 4.19. The third kappa shape index (κ3) is 3.08. The van der Waals surface area contributed by atoms with E-state index in [1.165, 1.54) is 11.1 Å². The summed E-state index contributed by atoms with van der Waals surface area (Å²) >= 11 is 0. The van der Waals surface area contributed by atoms with Crippen LogP contribution >= 0.6 is 0 Å². The minimum absolute atomic E-state index is 0.0678. The first-order chi connectivity index (χ1) is 8.20. The molecule has 1 fully saturated rings. The van der Waals surface area contributed by atoms with Crippen LogP contribution in [0.5, 0.6) is 0 Å². The van der Waals surface area contributed by atoms with Crippen molar-refractivity contribution in [3.8, 4) is 0 Å². The predicted molar refractivity (Wildman–Crippen MR) is 70.9 cm³/mol. The lowest BCUT2D eigenvalue weighted by atomic mass is 9.80. The summed E-state index contributed by atoms with van der Waals surface area (Å²) in [5.74, 6) is 0.658. The summed E-state index contributed by atoms with van der Waals surface area (Å²) in [6.07, 6.45) is 4.09. The molecule has 94 valence electrons. The number of hydrogen-bond donors (Lipinski definition) is 2. The Labute approximate surface area is 104 Å². The van der Waals surface area contributed by atoms with Gasteiger partial charge in [-0.15, -0.1) is 0 Å². The summed E-state index contributed by atoms with van der Waals surface area (Å²) in [5.41, 5.74) is 2.68. The molecule has 2 heteroatoms. The second kappa shape index (κ2) is 5.65. The third-order valence-electron chi connectivity index (χ3n) is 3.96. The van der Waals surface area contributed by atoms with Crippen molar-refractivity contribution in [3.05, 3.63) is 35.4 Å². The van der Waals surface area contributed by atoms with Gasteiger partial charge in [-0.2, -0.15) is 0 Å². The number of benzene rings is 1. The van der Waals surface area contributed by atoms with Gasteiger partial charge in [-0.25, -0.2) is 0 Å². The fraction of sp³-hybridized carbons (Fsp3) is 0.600. The first-order valence-corrected chi connectivity index (χ1v) is 6.62. The topological polar surface area (TPSA) is 32.3 Å². The Morgan fingerprint density at radius 2 is 1.71 bits per heavy atom. The van der Waals surface area contributed by atoms with Gasteiger partial charge in [0.05, 0.1) is 6.10 Å². The molecule has 1 saturated carbocycles. The van der Waals surface area contributed by atoms with Crippen molar-refractivity contribution in [2.75, 3.05) is 7.05 Å². The molecule has 1 aliphatic rings. The van der Waals surface area contributed by atoms with Crippen molar-refractivity contribution < 1.29 is 5.11 Å². The Morgan fingerprint density at radius 3 is 2.24 bits per heavy atom. The second-order valence-electron chi connectivity index (χ2n) is 5.25. The van der Waals surface area contributed by atoms with E-state index in [-0.39, 0.29) is 6.10 Å². The van der Waals surface area contributed by atoms with Gasteiger partial charge in [0.1, 0.15) is 0 Å². The van der Waals surface area contributed by atoms with Crippen LogP contribution in [0.3, 0.4) is 0 Å². The summed E-state index contributed by atoms with van der Waals surface area (Å²) in [6, 6.07) is 9.24. The lowest BCUT2D eigenvalue weighted by Gasteiger charge is -2.32. The average Bonchev–Trinajstić information content (AvgIpc) is 2.35. The largest absolute Gasteiger partial charge is 0.393 e. The molecule has 1 atom stereocenters. The van der Waals surface area contributed by atoms with Gasteiger partial charge in [-0.3, -0.25) is 0 Å². The van der Waals surface area contributed by atoms with E-state index in [0.29, 0.717) is 12.0 Å². The molecule has 17 heavy (non-hydrogen) atoms. The van der Waals surface area contributed by atoms with Gasteiger partial charge in [0.15, 0.2) is 0 Å². The molecule has 0 aromatic heterocycles. The van der Waals surface area contributed by atoms with E-state index in [1.54, 1.807) is 0 Å². The van der Waals surface area contributed by atoms with E-state index in [2.05, 4.69) is 36.5 Å². The van der Waals surface area contributed by atoms with E-state index in [4.69, 9.17) is 0 Å². The van der Waals surface area contributed by atoms with E-state index in [1.807, 2.05) is 7.05 Å². The van der Waals surface area contributed by atoms with Crippen molar-refractivity contribution in [2.24, 2.45) is 5.92 Å². The number of hydrogen-bond acceptors (Lipinski definition) is 2. The average molecular weight is 233 g/mol. The highest BCUT2D eigenvalue weighted by Gasteiger charge is 2.26. The number of aliphatic hydroxyl groups is 1. The number of nitrogens with one attached hydrogen (secondary N) is 1. The summed E-state index contributed by atoms with van der Waals surface area (Å²) in [5, 5.41) is 13.0. The highest BCUT2D eigenvalue weighted by Crippen LogP contribution is 2.34. The van der Waals surface area contributed by atoms with Crippen LogP contribution in [0.2, 0.25) is 0 Å². The summed E-state index contributed by atoms with van der Waals surface area (Å²) in [6.45, 7) is 2.12. The van der Waals surface area contributed by atoms with Gasteiger partial charge in [0, 0.05) is 6.04 Å². The van der Waals surface area contributed by atoms with Crippen molar-refractivity contribution in [2.45, 2.75) is 44.8 Å². The molecular formula is C15H23NO. The Bertz CT molecular complexity index is 338. The summed E-state index contributed by atoms with van der Waals surface area (Å²) in [4.78, 5) is 0. The smallest absolute Gasteiger partial charge is 0.0540 e. The predicted octanol–water partition coefficient (Wildman–Crippen LogP) is 2.81. The van der Waals surface area contributed by atoms with Crippen LogP contribution < -0.4 is 5.32 Å². The Morgan fingerprint density at radius 1 is 1.12 bits per heavy atom. The van der Waals surface area contributed by atoms with E-state index < -0.39 is 0 Å². The van der Waals surface area contributed by atoms with Crippen LogP contribution in [0.4, 0.5) is 0 Å². The van der Waals surface area contributed by atoms with Gasteiger partial charge >= 0.3 is 0 Å². The monoisotopic (exact) mass is 233 g/mol. The summed E-state index contributed by atoms with van der Waals surface area (Å²) in [7, 11) is 2.04. The van der Waals surface area contributed by atoms with E-state index in [9.17, 15) is 5.11 Å². The minimum atomic E-state index is -0.0678. The van der Waals surface area contributed by atoms with Gasteiger partial charge < -0.3 is 10.4 Å². The molecule has 0 heterocycles. The van der Waals surface area contributed by atoms with Crippen LogP contribution in [-0.2, 0) is 0 Å². The molecule has 2 N–H and O–H groups in total. The molecular weight excluding hydrogens is 210 g/mol. The van der Waals surface area contributed by atoms with Crippen LogP contribution in [0.25, 0.3) is 0 Å². The fourth-order valence-corrected chi connectivity index (χ4v) is 2.88. The van der Waals surface area contributed by atoms with E-state index in [0.717, 1.165) is 25.7 Å². The molecule has 2 nitrogen and oxygen atoms in total. The molecule has 0 saturated heterocycles. The van der Waals surface area contributed by atoms with Crippen LogP contribution in [0.15, 0.2) is 24.3 Å². The zero-order valence-electron chi connectivity index (χ0n) is 10.8. The normalized spacial score (nSPS) is 26.8. The molecule has 0 bridgehead atoms. The van der Waals surface area contributed by atoms with Crippen LogP contribution in [-0.4, -0.2) is 18.3 Å². The molecule has 0 aliphatic heterocycles. The lowest BCUT2D eigenvalue weighted by Crippen LogP contribution is -2.30. The molecule has 1 aliphatic carbocycles. The second-order valence-corrected chi connectivity index (χ2v) is 5.25. The number of aryl methyl sites for hydroxylation is 1. The van der Waals surface area contributed by atoms with Gasteiger partial charge in [0.2, 0.25) is 0 Å². The molecule has 0 radical (unpaired) electrons. The van der Waals surface area contributed by atoms with Crippen molar-refractivity contribution in [1.29, 1.82) is 0 Å². The lowest BCUT2D eigenvalue weighted by molar-refractivity contribution is 0.0981. The fourth-order valence-electron chi connectivity index (χ4n) is 2.88. The van der Waals surface area contributed by atoms with Crippen LogP contribution in [0.1, 0.15) is 42.9 Å². The first-order valence-electron chi connectivity index (χ1n) is 6.62. The van der Waals surface area contributed by atoms with Crippen molar-refractivity contribution in [1.82, 2.24) is 5.32 Å². The van der Waals surface area contributed by atoms with Crippen LogP contribution in [0, 0.1) is 12.8 Å². The van der Waals surface area contributed by atoms with E-state index >= 15 is 0 Å². The standard InChI is InChI=1S/C15H23NO/c1-11-3-5-12(6-4-11)15(16-2)13-7-9-14(17)10-8-13/h3-6,13-17H,7-10H2,1-2H3. The van der Waals surface area contributed by atoms with Crippen molar-refractivity contribution in [3.63, 3.8) is 0 Å². The number of aliphatic hydroxyl groups excluding tert-OH is 1. The van der Waals surface area contributed by atoms with Gasteiger partial charge in [0.25, 0.3) is 0 Å². The first kappa shape index (κ1) is 12.6. The molecule has 2 rings (SSSR count). The molecule has 1 aromatic carbocycles.